The van der Waals surface area contributed by atoms with Gasteiger partial charge in [-0.25, -0.2) is 9.97 Å². The lowest BCUT2D eigenvalue weighted by atomic mass is 10.0. The van der Waals surface area contributed by atoms with Crippen LogP contribution < -0.4 is 10.1 Å². The molecule has 1 aromatic heterocycles. The third-order valence-corrected chi connectivity index (χ3v) is 3.03. The Labute approximate surface area is 120 Å². The van der Waals surface area contributed by atoms with Crippen molar-refractivity contribution in [1.29, 1.82) is 0 Å². The van der Waals surface area contributed by atoms with Crippen LogP contribution in [0.2, 0.25) is 0 Å². The Kier molecular flexibility index (Phi) is 5.35. The summed E-state index contributed by atoms with van der Waals surface area (Å²) in [7, 11) is 0. The van der Waals surface area contributed by atoms with Crippen molar-refractivity contribution < 1.29 is 4.74 Å². The van der Waals surface area contributed by atoms with Crippen LogP contribution in [0, 0.1) is 0 Å². The Hall–Kier alpha value is -2.10. The molecule has 0 aliphatic heterocycles. The van der Waals surface area contributed by atoms with Crippen LogP contribution in [0.3, 0.4) is 0 Å². The van der Waals surface area contributed by atoms with Crippen LogP contribution in [0.15, 0.2) is 42.7 Å². The molecule has 0 saturated carbocycles. The lowest BCUT2D eigenvalue weighted by molar-refractivity contribution is 0.305. The summed E-state index contributed by atoms with van der Waals surface area (Å²) in [6.45, 7) is 4.90. The molecule has 2 rings (SSSR count). The minimum atomic E-state index is 0.241. The summed E-state index contributed by atoms with van der Waals surface area (Å²) in [6.07, 6.45) is 3.48. The third-order valence-electron chi connectivity index (χ3n) is 3.03. The monoisotopic (exact) mass is 271 g/mol. The molecule has 4 nitrogen and oxygen atoms in total. The molecular weight excluding hydrogens is 250 g/mol. The lowest BCUT2D eigenvalue weighted by Gasteiger charge is -2.18. The summed E-state index contributed by atoms with van der Waals surface area (Å²) >= 11 is 0. The standard InChI is InChI=1S/C16H21N3O/c1-3-10-20-16-11-15(17-12-18-16)19-14(4-2)13-8-6-5-7-9-13/h5-9,11-12,14H,3-4,10H2,1-2H3,(H,17,18,19). The van der Waals surface area contributed by atoms with Crippen molar-refractivity contribution in [3.05, 3.63) is 48.3 Å². The zero-order valence-corrected chi connectivity index (χ0v) is 12.0. The predicted molar refractivity (Wildman–Crippen MR) is 80.9 cm³/mol. The first-order valence-corrected chi connectivity index (χ1v) is 7.09. The Morgan fingerprint density at radius 1 is 1.15 bits per heavy atom. The van der Waals surface area contributed by atoms with E-state index in [0.29, 0.717) is 12.5 Å². The minimum absolute atomic E-state index is 0.241. The van der Waals surface area contributed by atoms with E-state index in [4.69, 9.17) is 4.74 Å². The molecule has 1 aromatic carbocycles. The second kappa shape index (κ2) is 7.48. The van der Waals surface area contributed by atoms with Crippen LogP contribution in [-0.4, -0.2) is 16.6 Å². The molecule has 1 unspecified atom stereocenters. The molecule has 2 aromatic rings. The van der Waals surface area contributed by atoms with Gasteiger partial charge in [-0.05, 0) is 18.4 Å². The average molecular weight is 271 g/mol. The first-order valence-electron chi connectivity index (χ1n) is 7.09. The fraction of sp³-hybridized carbons (Fsp3) is 0.375. The fourth-order valence-electron chi connectivity index (χ4n) is 1.99. The van der Waals surface area contributed by atoms with Gasteiger partial charge in [-0.3, -0.25) is 0 Å². The maximum absolute atomic E-state index is 5.53. The highest BCUT2D eigenvalue weighted by molar-refractivity contribution is 5.40. The Morgan fingerprint density at radius 2 is 1.95 bits per heavy atom. The maximum Gasteiger partial charge on any atom is 0.218 e. The van der Waals surface area contributed by atoms with E-state index in [9.17, 15) is 0 Å². The molecule has 0 saturated heterocycles. The molecule has 0 fully saturated rings. The highest BCUT2D eigenvalue weighted by Crippen LogP contribution is 2.22. The Bertz CT molecular complexity index is 516. The van der Waals surface area contributed by atoms with Gasteiger partial charge in [0.25, 0.3) is 0 Å². The number of nitrogens with one attached hydrogen (secondary N) is 1. The molecule has 106 valence electrons. The first-order chi connectivity index (χ1) is 9.83. The Morgan fingerprint density at radius 3 is 2.65 bits per heavy atom. The highest BCUT2D eigenvalue weighted by atomic mass is 16.5. The summed E-state index contributed by atoms with van der Waals surface area (Å²) < 4.78 is 5.53. The number of rotatable bonds is 7. The van der Waals surface area contributed by atoms with Crippen LogP contribution in [0.4, 0.5) is 5.82 Å². The number of benzene rings is 1. The molecule has 20 heavy (non-hydrogen) atoms. The fourth-order valence-corrected chi connectivity index (χ4v) is 1.99. The van der Waals surface area contributed by atoms with Crippen molar-refractivity contribution in [1.82, 2.24) is 9.97 Å². The van der Waals surface area contributed by atoms with Gasteiger partial charge in [0.2, 0.25) is 5.88 Å². The molecule has 0 amide bonds. The van der Waals surface area contributed by atoms with E-state index >= 15 is 0 Å². The van der Waals surface area contributed by atoms with E-state index in [-0.39, 0.29) is 6.04 Å². The molecule has 1 atom stereocenters. The van der Waals surface area contributed by atoms with Gasteiger partial charge in [-0.2, -0.15) is 0 Å². The van der Waals surface area contributed by atoms with E-state index < -0.39 is 0 Å². The zero-order valence-electron chi connectivity index (χ0n) is 12.0. The molecule has 1 N–H and O–H groups in total. The third kappa shape index (κ3) is 3.95. The normalized spacial score (nSPS) is 11.9. The second-order valence-electron chi connectivity index (χ2n) is 4.61. The number of hydrogen-bond acceptors (Lipinski definition) is 4. The maximum atomic E-state index is 5.53. The molecule has 0 aliphatic carbocycles. The second-order valence-corrected chi connectivity index (χ2v) is 4.61. The van der Waals surface area contributed by atoms with Gasteiger partial charge in [0.05, 0.1) is 12.6 Å². The molecule has 0 bridgehead atoms. The summed E-state index contributed by atoms with van der Waals surface area (Å²) in [4.78, 5) is 8.37. The summed E-state index contributed by atoms with van der Waals surface area (Å²) in [5, 5.41) is 3.43. The van der Waals surface area contributed by atoms with Gasteiger partial charge in [0, 0.05) is 6.07 Å². The molecular formula is C16H21N3O. The largest absolute Gasteiger partial charge is 0.478 e. The quantitative estimate of drug-likeness (QED) is 0.831. The number of anilines is 1. The highest BCUT2D eigenvalue weighted by Gasteiger charge is 2.10. The van der Waals surface area contributed by atoms with E-state index in [1.165, 1.54) is 11.9 Å². The molecule has 1 heterocycles. The van der Waals surface area contributed by atoms with Gasteiger partial charge in [-0.15, -0.1) is 0 Å². The summed E-state index contributed by atoms with van der Waals surface area (Å²) in [6, 6.07) is 12.5. The summed E-state index contributed by atoms with van der Waals surface area (Å²) in [5.41, 5.74) is 1.25. The van der Waals surface area contributed by atoms with Crippen LogP contribution in [0.5, 0.6) is 5.88 Å². The number of nitrogens with zero attached hydrogens (tertiary/aromatic N) is 2. The van der Waals surface area contributed by atoms with Gasteiger partial charge >= 0.3 is 0 Å². The molecule has 0 spiro atoms. The Balaban J connectivity index is 2.07. The molecule has 0 aliphatic rings. The SMILES string of the molecule is CCCOc1cc(NC(CC)c2ccccc2)ncn1. The molecule has 4 heteroatoms. The smallest absolute Gasteiger partial charge is 0.218 e. The van der Waals surface area contributed by atoms with Crippen molar-refractivity contribution in [2.24, 2.45) is 0 Å². The molecule has 0 radical (unpaired) electrons. The van der Waals surface area contributed by atoms with Gasteiger partial charge in [0.15, 0.2) is 0 Å². The zero-order chi connectivity index (χ0) is 14.2. The number of aromatic nitrogens is 2. The van der Waals surface area contributed by atoms with Crippen molar-refractivity contribution in [2.75, 3.05) is 11.9 Å². The van der Waals surface area contributed by atoms with Crippen molar-refractivity contribution in [3.8, 4) is 5.88 Å². The van der Waals surface area contributed by atoms with Crippen LogP contribution in [0.25, 0.3) is 0 Å². The van der Waals surface area contributed by atoms with Gasteiger partial charge < -0.3 is 10.1 Å². The topological polar surface area (TPSA) is 47.0 Å². The minimum Gasteiger partial charge on any atom is -0.478 e. The van der Waals surface area contributed by atoms with E-state index in [1.807, 2.05) is 12.1 Å². The number of hydrogen-bond donors (Lipinski definition) is 1. The van der Waals surface area contributed by atoms with Gasteiger partial charge in [0.1, 0.15) is 12.1 Å². The predicted octanol–water partition coefficient (Wildman–Crippen LogP) is 3.83. The van der Waals surface area contributed by atoms with E-state index in [0.717, 1.165) is 18.7 Å². The summed E-state index contributed by atoms with van der Waals surface area (Å²) in [5.74, 6) is 1.41. The van der Waals surface area contributed by atoms with Crippen molar-refractivity contribution >= 4 is 5.82 Å². The van der Waals surface area contributed by atoms with E-state index in [2.05, 4.69) is 53.4 Å². The van der Waals surface area contributed by atoms with Crippen molar-refractivity contribution in [3.63, 3.8) is 0 Å². The van der Waals surface area contributed by atoms with Crippen LogP contribution in [-0.2, 0) is 0 Å². The van der Waals surface area contributed by atoms with Gasteiger partial charge in [-0.1, -0.05) is 44.2 Å². The lowest BCUT2D eigenvalue weighted by Crippen LogP contribution is -2.11. The van der Waals surface area contributed by atoms with Crippen LogP contribution in [0.1, 0.15) is 38.3 Å². The van der Waals surface area contributed by atoms with Crippen molar-refractivity contribution in [2.45, 2.75) is 32.7 Å². The van der Waals surface area contributed by atoms with E-state index in [1.54, 1.807) is 0 Å². The van der Waals surface area contributed by atoms with Crippen LogP contribution >= 0.6 is 0 Å². The first kappa shape index (κ1) is 14.3. The number of ether oxygens (including phenoxy) is 1. The average Bonchev–Trinajstić information content (AvgIpc) is 2.52.